The van der Waals surface area contributed by atoms with E-state index in [1.54, 1.807) is 13.2 Å². The summed E-state index contributed by atoms with van der Waals surface area (Å²) in [5.41, 5.74) is 5.84. The Balaban J connectivity index is 3.05. The molecule has 0 heterocycles. The van der Waals surface area contributed by atoms with E-state index in [-0.39, 0.29) is 0 Å². The van der Waals surface area contributed by atoms with Gasteiger partial charge in [0, 0.05) is 11.6 Å². The third-order valence-electron chi connectivity index (χ3n) is 2.11. The predicted molar refractivity (Wildman–Crippen MR) is 67.0 cm³/mol. The summed E-state index contributed by atoms with van der Waals surface area (Å²) >= 11 is 0. The topological polar surface area (TPSA) is 61.5 Å². The first-order valence-corrected chi connectivity index (χ1v) is 5.46. The van der Waals surface area contributed by atoms with Gasteiger partial charge >= 0.3 is 0 Å². The summed E-state index contributed by atoms with van der Waals surface area (Å²) in [4.78, 5) is 10.7. The maximum absolute atomic E-state index is 10.7. The highest BCUT2D eigenvalue weighted by molar-refractivity contribution is 5.90. The smallest absolute Gasteiger partial charge is 0.241 e. The van der Waals surface area contributed by atoms with Crippen LogP contribution >= 0.6 is 0 Å². The van der Waals surface area contributed by atoms with Crippen LogP contribution in [-0.2, 0) is 4.79 Å². The molecule has 0 aliphatic rings. The van der Waals surface area contributed by atoms with Gasteiger partial charge in [0.2, 0.25) is 5.91 Å². The highest BCUT2D eigenvalue weighted by atomic mass is 16.5. The molecule has 0 aliphatic carbocycles. The number of carbonyl (C=O) groups is 1. The average molecular weight is 235 g/mol. The summed E-state index contributed by atoms with van der Waals surface area (Å²) in [6, 6.07) is 5.48. The molecular weight excluding hydrogens is 218 g/mol. The second-order valence-corrected chi connectivity index (χ2v) is 3.46. The highest BCUT2D eigenvalue weighted by Crippen LogP contribution is 2.32. The Morgan fingerprint density at radius 2 is 2.24 bits per heavy atom. The van der Waals surface area contributed by atoms with Crippen LogP contribution in [0.1, 0.15) is 18.9 Å². The normalized spacial score (nSPS) is 10.5. The lowest BCUT2D eigenvalue weighted by molar-refractivity contribution is -0.113. The monoisotopic (exact) mass is 235 g/mol. The van der Waals surface area contributed by atoms with Crippen molar-refractivity contribution in [1.29, 1.82) is 0 Å². The quantitative estimate of drug-likeness (QED) is 0.767. The molecule has 1 amide bonds. The van der Waals surface area contributed by atoms with Gasteiger partial charge in [0.05, 0.1) is 13.7 Å². The van der Waals surface area contributed by atoms with Crippen molar-refractivity contribution < 1.29 is 14.3 Å². The lowest BCUT2D eigenvalue weighted by Gasteiger charge is -2.12. The Kier molecular flexibility index (Phi) is 5.07. The first kappa shape index (κ1) is 13.1. The van der Waals surface area contributed by atoms with Crippen LogP contribution in [0.2, 0.25) is 0 Å². The van der Waals surface area contributed by atoms with Crippen molar-refractivity contribution in [3.8, 4) is 11.5 Å². The molecule has 1 rings (SSSR count). The van der Waals surface area contributed by atoms with Crippen molar-refractivity contribution in [3.05, 3.63) is 29.8 Å². The van der Waals surface area contributed by atoms with Gasteiger partial charge in [-0.3, -0.25) is 4.79 Å². The molecule has 0 saturated heterocycles. The molecule has 0 atom stereocenters. The molecule has 0 bridgehead atoms. The van der Waals surface area contributed by atoms with Gasteiger partial charge in [-0.15, -0.1) is 0 Å². The number of benzene rings is 1. The molecule has 2 N–H and O–H groups in total. The number of rotatable bonds is 6. The fourth-order valence-corrected chi connectivity index (χ4v) is 1.36. The van der Waals surface area contributed by atoms with Crippen molar-refractivity contribution in [3.63, 3.8) is 0 Å². The van der Waals surface area contributed by atoms with Crippen LogP contribution in [0.3, 0.4) is 0 Å². The van der Waals surface area contributed by atoms with E-state index < -0.39 is 5.91 Å². The summed E-state index contributed by atoms with van der Waals surface area (Å²) in [5, 5.41) is 0. The molecule has 0 unspecified atom stereocenters. The largest absolute Gasteiger partial charge is 0.493 e. The number of ether oxygens (including phenoxy) is 2. The number of para-hydroxylation sites is 1. The summed E-state index contributed by atoms with van der Waals surface area (Å²) < 4.78 is 10.8. The molecule has 0 spiro atoms. The molecule has 0 fully saturated rings. The molecular formula is C13H17NO3. The van der Waals surface area contributed by atoms with Gasteiger partial charge < -0.3 is 15.2 Å². The zero-order valence-corrected chi connectivity index (χ0v) is 10.1. The summed E-state index contributed by atoms with van der Waals surface area (Å²) in [6.45, 7) is 2.62. The minimum absolute atomic E-state index is 0.491. The average Bonchev–Trinajstić information content (AvgIpc) is 2.33. The lowest BCUT2D eigenvalue weighted by Crippen LogP contribution is -2.05. The van der Waals surface area contributed by atoms with E-state index in [1.807, 2.05) is 25.1 Å². The van der Waals surface area contributed by atoms with E-state index in [0.29, 0.717) is 18.1 Å². The molecule has 0 radical (unpaired) electrons. The van der Waals surface area contributed by atoms with Gasteiger partial charge in [0.25, 0.3) is 0 Å². The van der Waals surface area contributed by atoms with Crippen LogP contribution < -0.4 is 15.2 Å². The fourth-order valence-electron chi connectivity index (χ4n) is 1.36. The van der Waals surface area contributed by atoms with Crippen LogP contribution in [0.4, 0.5) is 0 Å². The molecule has 0 aliphatic heterocycles. The Morgan fingerprint density at radius 1 is 1.47 bits per heavy atom. The van der Waals surface area contributed by atoms with Crippen molar-refractivity contribution in [2.45, 2.75) is 13.3 Å². The molecule has 1 aromatic rings. The predicted octanol–water partition coefficient (Wildman–Crippen LogP) is 1.98. The van der Waals surface area contributed by atoms with E-state index >= 15 is 0 Å². The van der Waals surface area contributed by atoms with E-state index in [4.69, 9.17) is 15.2 Å². The highest BCUT2D eigenvalue weighted by Gasteiger charge is 2.08. The van der Waals surface area contributed by atoms with Crippen LogP contribution in [0.15, 0.2) is 24.3 Å². The van der Waals surface area contributed by atoms with Crippen molar-refractivity contribution in [2.24, 2.45) is 5.73 Å². The number of amides is 1. The summed E-state index contributed by atoms with van der Waals surface area (Å²) in [7, 11) is 1.58. The molecule has 0 saturated carbocycles. The van der Waals surface area contributed by atoms with E-state index in [2.05, 4.69) is 0 Å². The fraction of sp³-hybridized carbons (Fsp3) is 0.308. The molecule has 1 aromatic carbocycles. The van der Waals surface area contributed by atoms with Crippen LogP contribution in [0.5, 0.6) is 11.5 Å². The zero-order valence-electron chi connectivity index (χ0n) is 10.1. The second kappa shape index (κ2) is 6.58. The van der Waals surface area contributed by atoms with Crippen LogP contribution in [-0.4, -0.2) is 19.6 Å². The molecule has 17 heavy (non-hydrogen) atoms. The third-order valence-corrected chi connectivity index (χ3v) is 2.11. The molecule has 4 nitrogen and oxygen atoms in total. The Morgan fingerprint density at radius 3 is 2.82 bits per heavy atom. The minimum atomic E-state index is -0.491. The van der Waals surface area contributed by atoms with Gasteiger partial charge in [0.1, 0.15) is 0 Å². The maximum atomic E-state index is 10.7. The Labute approximate surface area is 101 Å². The van der Waals surface area contributed by atoms with Gasteiger partial charge in [-0.2, -0.15) is 0 Å². The van der Waals surface area contributed by atoms with Crippen LogP contribution in [0, 0.1) is 0 Å². The van der Waals surface area contributed by atoms with Crippen molar-refractivity contribution >= 4 is 12.0 Å². The van der Waals surface area contributed by atoms with Crippen LogP contribution in [0.25, 0.3) is 6.08 Å². The first-order chi connectivity index (χ1) is 8.19. The van der Waals surface area contributed by atoms with Crippen molar-refractivity contribution in [2.75, 3.05) is 13.7 Å². The molecule has 4 heteroatoms. The number of primary amides is 1. The first-order valence-electron chi connectivity index (χ1n) is 5.46. The Bertz CT molecular complexity index is 413. The zero-order chi connectivity index (χ0) is 12.7. The lowest BCUT2D eigenvalue weighted by atomic mass is 10.1. The number of methoxy groups -OCH3 is 1. The second-order valence-electron chi connectivity index (χ2n) is 3.46. The number of nitrogens with two attached hydrogens (primary N) is 1. The maximum Gasteiger partial charge on any atom is 0.241 e. The number of hydrogen-bond donors (Lipinski definition) is 1. The van der Waals surface area contributed by atoms with E-state index in [9.17, 15) is 4.79 Å². The summed E-state index contributed by atoms with van der Waals surface area (Å²) in [6.07, 6.45) is 3.82. The standard InChI is InChI=1S/C13H17NO3/c1-3-9-17-13-10(7-8-12(14)15)5-4-6-11(13)16-2/h4-8H,3,9H2,1-2H3,(H2,14,15)/b8-7+. The van der Waals surface area contributed by atoms with Gasteiger partial charge in [-0.25, -0.2) is 0 Å². The van der Waals surface area contributed by atoms with Gasteiger partial charge in [-0.1, -0.05) is 19.1 Å². The summed E-state index contributed by atoms with van der Waals surface area (Å²) in [5.74, 6) is 0.786. The van der Waals surface area contributed by atoms with E-state index in [1.165, 1.54) is 6.08 Å². The molecule has 0 aromatic heterocycles. The van der Waals surface area contributed by atoms with Crippen molar-refractivity contribution in [1.82, 2.24) is 0 Å². The third kappa shape index (κ3) is 3.83. The minimum Gasteiger partial charge on any atom is -0.493 e. The SMILES string of the molecule is CCCOc1c(/C=C/C(N)=O)cccc1OC. The number of carbonyl (C=O) groups excluding carboxylic acids is 1. The number of hydrogen-bond acceptors (Lipinski definition) is 3. The van der Waals surface area contributed by atoms with Gasteiger partial charge in [-0.05, 0) is 18.6 Å². The Hall–Kier alpha value is -1.97. The van der Waals surface area contributed by atoms with E-state index in [0.717, 1.165) is 12.0 Å². The van der Waals surface area contributed by atoms with Gasteiger partial charge in [0.15, 0.2) is 11.5 Å². The molecule has 92 valence electrons.